The van der Waals surface area contributed by atoms with Crippen LogP contribution < -0.4 is 15.2 Å². The van der Waals surface area contributed by atoms with Crippen LogP contribution in [0.5, 0.6) is 11.6 Å². The van der Waals surface area contributed by atoms with Gasteiger partial charge in [-0.05, 0) is 50.8 Å². The first-order valence-electron chi connectivity index (χ1n) is 11.4. The second-order valence-electron chi connectivity index (χ2n) is 8.49. The van der Waals surface area contributed by atoms with E-state index in [0.29, 0.717) is 43.4 Å². The normalized spacial score (nSPS) is 17.7. The van der Waals surface area contributed by atoms with E-state index in [1.54, 1.807) is 6.20 Å². The average molecular weight is 500 g/mol. The molecule has 1 fully saturated rings. The smallest absolute Gasteiger partial charge is 0.290 e. The van der Waals surface area contributed by atoms with Crippen molar-refractivity contribution in [1.29, 1.82) is 0 Å². The molecule has 1 aromatic carbocycles. The molecule has 182 valence electrons. The summed E-state index contributed by atoms with van der Waals surface area (Å²) in [7, 11) is 0. The molecule has 0 N–H and O–H groups in total. The Hall–Kier alpha value is -3.37. The maximum Gasteiger partial charge on any atom is 0.290 e. The summed E-state index contributed by atoms with van der Waals surface area (Å²) in [5, 5.41) is 4.42. The zero-order valence-electron chi connectivity index (χ0n) is 19.0. The van der Waals surface area contributed by atoms with Crippen molar-refractivity contribution in [3.63, 3.8) is 0 Å². The number of rotatable bonds is 5. The lowest BCUT2D eigenvalue weighted by Crippen LogP contribution is -2.36. The van der Waals surface area contributed by atoms with Crippen LogP contribution in [0.2, 0.25) is 5.02 Å². The third kappa shape index (κ3) is 4.63. The third-order valence-electron chi connectivity index (χ3n) is 6.19. The average Bonchev–Trinajstić information content (AvgIpc) is 2.87. The van der Waals surface area contributed by atoms with E-state index >= 15 is 0 Å². The highest BCUT2D eigenvalue weighted by Gasteiger charge is 2.27. The molecule has 0 aliphatic carbocycles. The first-order chi connectivity index (χ1) is 16.9. The van der Waals surface area contributed by atoms with Crippen LogP contribution in [0.4, 0.5) is 10.1 Å². The van der Waals surface area contributed by atoms with E-state index in [0.717, 1.165) is 30.9 Å². The van der Waals surface area contributed by atoms with Gasteiger partial charge in [-0.25, -0.2) is 14.4 Å². The molecule has 4 heterocycles. The molecule has 0 saturated carbocycles. The van der Waals surface area contributed by atoms with E-state index in [4.69, 9.17) is 21.1 Å². The predicted octanol–water partition coefficient (Wildman–Crippen LogP) is 4.08. The molecule has 0 amide bonds. The SMILES string of the molecule is CC(=O)c1cc(F)ccc1Oc1ncnc2c1CCN(c1cnn(C3CCCCO3)c(=O)c1Cl)C2. The lowest BCUT2D eigenvalue weighted by atomic mass is 10.1. The predicted molar refractivity (Wildman–Crippen MR) is 126 cm³/mol. The number of hydrogen-bond donors (Lipinski definition) is 0. The number of nitrogens with zero attached hydrogens (tertiary/aromatic N) is 5. The molecule has 0 radical (unpaired) electrons. The number of anilines is 1. The van der Waals surface area contributed by atoms with Gasteiger partial charge in [0.15, 0.2) is 12.0 Å². The summed E-state index contributed by atoms with van der Waals surface area (Å²) in [5.41, 5.74) is 1.74. The zero-order chi connectivity index (χ0) is 24.5. The zero-order valence-corrected chi connectivity index (χ0v) is 19.8. The molecule has 1 saturated heterocycles. The highest BCUT2D eigenvalue weighted by atomic mass is 35.5. The quantitative estimate of drug-likeness (QED) is 0.484. The van der Waals surface area contributed by atoms with Gasteiger partial charge in [-0.15, -0.1) is 0 Å². The molecule has 35 heavy (non-hydrogen) atoms. The topological polar surface area (TPSA) is 99.4 Å². The first kappa shape index (κ1) is 23.4. The van der Waals surface area contributed by atoms with Gasteiger partial charge < -0.3 is 14.4 Å². The lowest BCUT2D eigenvalue weighted by molar-refractivity contribution is -0.0424. The van der Waals surface area contributed by atoms with Crippen LogP contribution in [-0.4, -0.2) is 38.7 Å². The van der Waals surface area contributed by atoms with Crippen molar-refractivity contribution < 1.29 is 18.7 Å². The van der Waals surface area contributed by atoms with Gasteiger partial charge in [0.2, 0.25) is 5.88 Å². The number of benzene rings is 1. The number of halogens is 2. The highest BCUT2D eigenvalue weighted by molar-refractivity contribution is 6.33. The fourth-order valence-electron chi connectivity index (χ4n) is 4.37. The van der Waals surface area contributed by atoms with Crippen LogP contribution in [0.15, 0.2) is 35.5 Å². The maximum atomic E-state index is 13.6. The second kappa shape index (κ2) is 9.71. The minimum atomic E-state index is -0.523. The van der Waals surface area contributed by atoms with Crippen molar-refractivity contribution in [2.75, 3.05) is 18.1 Å². The molecule has 2 aliphatic heterocycles. The number of ether oxygens (including phenoxy) is 2. The fourth-order valence-corrected chi connectivity index (χ4v) is 4.62. The van der Waals surface area contributed by atoms with Crippen LogP contribution in [0.3, 0.4) is 0 Å². The fraction of sp³-hybridized carbons (Fsp3) is 0.375. The molecular formula is C24H23ClFN5O4. The number of carbonyl (C=O) groups is 1. The number of carbonyl (C=O) groups excluding carboxylic acids is 1. The summed E-state index contributed by atoms with van der Waals surface area (Å²) in [6, 6.07) is 3.78. The van der Waals surface area contributed by atoms with Crippen LogP contribution in [-0.2, 0) is 17.7 Å². The number of aromatic nitrogens is 4. The molecule has 0 spiro atoms. The van der Waals surface area contributed by atoms with Crippen molar-refractivity contribution in [3.05, 3.63) is 68.7 Å². The molecule has 9 nitrogen and oxygen atoms in total. The van der Waals surface area contributed by atoms with Gasteiger partial charge in [0, 0.05) is 18.7 Å². The van der Waals surface area contributed by atoms with Crippen molar-refractivity contribution in [2.45, 2.75) is 45.4 Å². The Morgan fingerprint density at radius 3 is 2.91 bits per heavy atom. The summed E-state index contributed by atoms with van der Waals surface area (Å²) < 4.78 is 26.5. The number of ketones is 1. The Kier molecular flexibility index (Phi) is 6.48. The van der Waals surface area contributed by atoms with E-state index in [1.165, 1.54) is 30.1 Å². The lowest BCUT2D eigenvalue weighted by Gasteiger charge is -2.31. The number of Topliss-reactive ketones (excluding diaryl/α,β-unsaturated/α-hetero) is 1. The molecule has 2 aliphatic rings. The summed E-state index contributed by atoms with van der Waals surface area (Å²) in [5.74, 6) is -0.310. The van der Waals surface area contributed by atoms with Gasteiger partial charge in [-0.3, -0.25) is 9.59 Å². The Labute approximate surface area is 205 Å². The minimum absolute atomic E-state index is 0.0839. The first-order valence-corrected chi connectivity index (χ1v) is 11.7. The summed E-state index contributed by atoms with van der Waals surface area (Å²) in [6.07, 6.45) is 5.72. The second-order valence-corrected chi connectivity index (χ2v) is 8.87. The van der Waals surface area contributed by atoms with Crippen LogP contribution in [0, 0.1) is 5.82 Å². The molecule has 5 rings (SSSR count). The molecule has 1 unspecified atom stereocenters. The molecular weight excluding hydrogens is 477 g/mol. The van der Waals surface area contributed by atoms with Crippen LogP contribution >= 0.6 is 11.6 Å². The molecule has 11 heteroatoms. The summed E-state index contributed by atoms with van der Waals surface area (Å²) in [6.45, 7) is 2.82. The molecule has 1 atom stereocenters. The van der Waals surface area contributed by atoms with Gasteiger partial charge in [-0.2, -0.15) is 9.78 Å². The van der Waals surface area contributed by atoms with E-state index in [2.05, 4.69) is 15.1 Å². The Morgan fingerprint density at radius 2 is 2.14 bits per heavy atom. The van der Waals surface area contributed by atoms with Gasteiger partial charge in [0.1, 0.15) is 22.9 Å². The Bertz CT molecular complexity index is 1340. The minimum Gasteiger partial charge on any atom is -0.438 e. The summed E-state index contributed by atoms with van der Waals surface area (Å²) >= 11 is 6.49. The Balaban J connectivity index is 1.40. The number of fused-ring (bicyclic) bond motifs is 1. The van der Waals surface area contributed by atoms with Crippen molar-refractivity contribution in [1.82, 2.24) is 19.7 Å². The Morgan fingerprint density at radius 1 is 1.29 bits per heavy atom. The van der Waals surface area contributed by atoms with Crippen LogP contribution in [0.25, 0.3) is 0 Å². The van der Waals surface area contributed by atoms with Gasteiger partial charge in [0.25, 0.3) is 5.56 Å². The standard InChI is InChI=1S/C24H23ClFN5O4/c1-14(32)17-10-15(26)5-6-20(17)35-23-16-7-8-30(12-18(16)27-13-28-23)19-11-29-31(24(33)22(19)25)21-4-2-3-9-34-21/h5-6,10-11,13,21H,2-4,7-9,12H2,1H3. The molecule has 0 bridgehead atoms. The monoisotopic (exact) mass is 499 g/mol. The number of hydrogen-bond acceptors (Lipinski definition) is 8. The van der Waals surface area contributed by atoms with E-state index in [1.807, 2.05) is 4.90 Å². The maximum absolute atomic E-state index is 13.6. The largest absolute Gasteiger partial charge is 0.438 e. The van der Waals surface area contributed by atoms with E-state index < -0.39 is 12.0 Å². The van der Waals surface area contributed by atoms with Crippen LogP contribution in [0.1, 0.15) is 54.0 Å². The van der Waals surface area contributed by atoms with Gasteiger partial charge in [0.05, 0.1) is 29.7 Å². The van der Waals surface area contributed by atoms with Crippen molar-refractivity contribution >= 4 is 23.1 Å². The van der Waals surface area contributed by atoms with Gasteiger partial charge in [-0.1, -0.05) is 11.6 Å². The van der Waals surface area contributed by atoms with Crippen molar-refractivity contribution in [3.8, 4) is 11.6 Å². The molecule has 3 aromatic rings. The van der Waals surface area contributed by atoms with E-state index in [9.17, 15) is 14.0 Å². The molecule has 2 aromatic heterocycles. The van der Waals surface area contributed by atoms with Crippen molar-refractivity contribution in [2.24, 2.45) is 0 Å². The van der Waals surface area contributed by atoms with E-state index in [-0.39, 0.29) is 27.7 Å². The summed E-state index contributed by atoms with van der Waals surface area (Å²) in [4.78, 5) is 35.4. The highest BCUT2D eigenvalue weighted by Crippen LogP contribution is 2.33. The third-order valence-corrected chi connectivity index (χ3v) is 6.54. The van der Waals surface area contributed by atoms with Gasteiger partial charge >= 0.3 is 0 Å².